The van der Waals surface area contributed by atoms with Crippen molar-refractivity contribution in [1.82, 2.24) is 9.03 Å². The Morgan fingerprint density at radius 3 is 2.71 bits per heavy atom. The summed E-state index contributed by atoms with van der Waals surface area (Å²) in [6, 6.07) is -1.64. The largest absolute Gasteiger partial charge is 0.480 e. The number of nitrogens with one attached hydrogen (secondary N) is 1. The molecule has 1 heterocycles. The van der Waals surface area contributed by atoms with E-state index >= 15 is 0 Å². The molecule has 1 saturated heterocycles. The summed E-state index contributed by atoms with van der Waals surface area (Å²) in [5.74, 6) is -1.13. The van der Waals surface area contributed by atoms with Crippen LogP contribution in [0.1, 0.15) is 26.2 Å². The predicted molar refractivity (Wildman–Crippen MR) is 60.6 cm³/mol. The van der Waals surface area contributed by atoms with Gasteiger partial charge in [-0.15, -0.1) is 0 Å². The average Bonchev–Trinajstić information content (AvgIpc) is 2.28. The lowest BCUT2D eigenvalue weighted by Gasteiger charge is -2.32. The SMILES string of the molecule is C[C@H](CO)NS(=O)(=O)N1CCCCC1C(=O)O. The summed E-state index contributed by atoms with van der Waals surface area (Å²) in [6.45, 7) is 1.38. The van der Waals surface area contributed by atoms with Crippen molar-refractivity contribution in [1.29, 1.82) is 0 Å². The van der Waals surface area contributed by atoms with Crippen molar-refractivity contribution in [2.24, 2.45) is 0 Å². The van der Waals surface area contributed by atoms with Gasteiger partial charge < -0.3 is 10.2 Å². The molecule has 8 heteroatoms. The number of aliphatic hydroxyl groups excluding tert-OH is 1. The second-order valence-electron chi connectivity index (χ2n) is 4.17. The fourth-order valence-corrected chi connectivity index (χ4v) is 3.42. The lowest BCUT2D eigenvalue weighted by Crippen LogP contribution is -2.54. The first-order valence-electron chi connectivity index (χ1n) is 5.51. The quantitative estimate of drug-likeness (QED) is 0.600. The molecule has 1 aliphatic heterocycles. The first kappa shape index (κ1) is 14.4. The van der Waals surface area contributed by atoms with Crippen molar-refractivity contribution in [3.8, 4) is 0 Å². The smallest absolute Gasteiger partial charge is 0.322 e. The van der Waals surface area contributed by atoms with Gasteiger partial charge in [0.25, 0.3) is 10.2 Å². The Hall–Kier alpha value is -0.700. The Morgan fingerprint density at radius 1 is 1.53 bits per heavy atom. The third-order valence-electron chi connectivity index (χ3n) is 2.67. The Balaban J connectivity index is 2.83. The minimum atomic E-state index is -3.85. The van der Waals surface area contributed by atoms with Gasteiger partial charge in [-0.05, 0) is 26.2 Å². The molecule has 0 radical (unpaired) electrons. The average molecular weight is 266 g/mol. The minimum Gasteiger partial charge on any atom is -0.480 e. The van der Waals surface area contributed by atoms with Crippen molar-refractivity contribution < 1.29 is 23.4 Å². The highest BCUT2D eigenvalue weighted by Gasteiger charge is 2.37. The van der Waals surface area contributed by atoms with Gasteiger partial charge in [-0.1, -0.05) is 0 Å². The van der Waals surface area contributed by atoms with Crippen molar-refractivity contribution in [3.63, 3.8) is 0 Å². The normalized spacial score (nSPS) is 24.5. The monoisotopic (exact) mass is 266 g/mol. The molecule has 100 valence electrons. The van der Waals surface area contributed by atoms with Gasteiger partial charge in [0.1, 0.15) is 6.04 Å². The molecule has 1 unspecified atom stereocenters. The third kappa shape index (κ3) is 3.63. The summed E-state index contributed by atoms with van der Waals surface area (Å²) in [7, 11) is -3.85. The molecule has 0 spiro atoms. The fourth-order valence-electron chi connectivity index (χ4n) is 1.80. The van der Waals surface area contributed by atoms with Crippen molar-refractivity contribution in [2.45, 2.75) is 38.3 Å². The molecule has 0 aromatic carbocycles. The number of carbonyl (C=O) groups is 1. The molecule has 0 aliphatic carbocycles. The summed E-state index contributed by atoms with van der Waals surface area (Å²) in [5, 5.41) is 17.8. The van der Waals surface area contributed by atoms with Gasteiger partial charge in [-0.25, -0.2) is 0 Å². The van der Waals surface area contributed by atoms with Crippen molar-refractivity contribution in [3.05, 3.63) is 0 Å². The van der Waals surface area contributed by atoms with E-state index in [1.807, 2.05) is 0 Å². The van der Waals surface area contributed by atoms with Crippen LogP contribution in [-0.2, 0) is 15.0 Å². The van der Waals surface area contributed by atoms with E-state index < -0.39 is 28.3 Å². The van der Waals surface area contributed by atoms with E-state index in [0.29, 0.717) is 19.3 Å². The molecule has 7 nitrogen and oxygen atoms in total. The summed E-state index contributed by atoms with van der Waals surface area (Å²) in [4.78, 5) is 11.0. The second kappa shape index (κ2) is 5.76. The summed E-state index contributed by atoms with van der Waals surface area (Å²) >= 11 is 0. The maximum Gasteiger partial charge on any atom is 0.322 e. The summed E-state index contributed by atoms with van der Waals surface area (Å²) in [5.41, 5.74) is 0. The van der Waals surface area contributed by atoms with Gasteiger partial charge in [0.05, 0.1) is 6.61 Å². The number of aliphatic carboxylic acids is 1. The van der Waals surface area contributed by atoms with E-state index in [0.717, 1.165) is 4.31 Å². The van der Waals surface area contributed by atoms with E-state index in [1.54, 1.807) is 0 Å². The van der Waals surface area contributed by atoms with Crippen LogP contribution in [0.25, 0.3) is 0 Å². The Labute approximate surface area is 101 Å². The molecule has 1 fully saturated rings. The lowest BCUT2D eigenvalue weighted by atomic mass is 10.1. The number of aliphatic hydroxyl groups is 1. The maximum absolute atomic E-state index is 11.9. The standard InChI is InChI=1S/C9H18N2O5S/c1-7(6-12)10-17(15,16)11-5-3-2-4-8(11)9(13)14/h7-8,10,12H,2-6H2,1H3,(H,13,14)/t7-,8?/m1/s1. The van der Waals surface area contributed by atoms with Crippen LogP contribution >= 0.6 is 0 Å². The molecular weight excluding hydrogens is 248 g/mol. The highest BCUT2D eigenvalue weighted by atomic mass is 32.2. The number of hydrogen-bond donors (Lipinski definition) is 3. The van der Waals surface area contributed by atoms with Crippen LogP contribution in [0.4, 0.5) is 0 Å². The molecule has 0 aromatic heterocycles. The van der Waals surface area contributed by atoms with Gasteiger partial charge in [0.2, 0.25) is 0 Å². The Morgan fingerprint density at radius 2 is 2.18 bits per heavy atom. The first-order chi connectivity index (χ1) is 7.88. The molecule has 17 heavy (non-hydrogen) atoms. The van der Waals surface area contributed by atoms with Gasteiger partial charge in [0, 0.05) is 12.6 Å². The van der Waals surface area contributed by atoms with Crippen LogP contribution in [0, 0.1) is 0 Å². The molecule has 1 aliphatic rings. The predicted octanol–water partition coefficient (Wildman–Crippen LogP) is -0.859. The molecule has 3 N–H and O–H groups in total. The molecular formula is C9H18N2O5S. The molecule has 0 aromatic rings. The third-order valence-corrected chi connectivity index (χ3v) is 4.43. The number of hydrogen-bond acceptors (Lipinski definition) is 4. The molecule has 0 bridgehead atoms. The number of carboxylic acid groups (broad SMARTS) is 1. The van der Waals surface area contributed by atoms with Crippen LogP contribution in [0.15, 0.2) is 0 Å². The van der Waals surface area contributed by atoms with Crippen molar-refractivity contribution in [2.75, 3.05) is 13.2 Å². The van der Waals surface area contributed by atoms with Gasteiger partial charge in [-0.3, -0.25) is 4.79 Å². The van der Waals surface area contributed by atoms with Crippen LogP contribution in [0.5, 0.6) is 0 Å². The molecule has 0 amide bonds. The molecule has 1 rings (SSSR count). The molecule has 2 atom stereocenters. The topological polar surface area (TPSA) is 107 Å². The highest BCUT2D eigenvalue weighted by molar-refractivity contribution is 7.87. The zero-order valence-electron chi connectivity index (χ0n) is 9.66. The zero-order chi connectivity index (χ0) is 13.1. The number of rotatable bonds is 5. The number of carboxylic acids is 1. The Kier molecular flexibility index (Phi) is 4.87. The van der Waals surface area contributed by atoms with E-state index in [4.69, 9.17) is 10.2 Å². The Bertz CT molecular complexity index is 370. The van der Waals surface area contributed by atoms with Crippen molar-refractivity contribution >= 4 is 16.2 Å². The van der Waals surface area contributed by atoms with Gasteiger partial charge in [0.15, 0.2) is 0 Å². The van der Waals surface area contributed by atoms with Crippen LogP contribution < -0.4 is 4.72 Å². The van der Waals surface area contributed by atoms with Crippen LogP contribution in [0.2, 0.25) is 0 Å². The first-order valence-corrected chi connectivity index (χ1v) is 6.95. The summed E-state index contributed by atoms with van der Waals surface area (Å²) in [6.07, 6.45) is 1.68. The van der Waals surface area contributed by atoms with E-state index in [9.17, 15) is 13.2 Å². The van der Waals surface area contributed by atoms with Gasteiger partial charge >= 0.3 is 5.97 Å². The fraction of sp³-hybridized carbons (Fsp3) is 0.889. The van der Waals surface area contributed by atoms with Gasteiger partial charge in [-0.2, -0.15) is 17.4 Å². The van der Waals surface area contributed by atoms with Crippen LogP contribution in [-0.4, -0.2) is 54.1 Å². The molecule has 0 saturated carbocycles. The van der Waals surface area contributed by atoms with E-state index in [1.165, 1.54) is 6.92 Å². The van der Waals surface area contributed by atoms with E-state index in [2.05, 4.69) is 4.72 Å². The lowest BCUT2D eigenvalue weighted by molar-refractivity contribution is -0.142. The van der Waals surface area contributed by atoms with Crippen LogP contribution in [0.3, 0.4) is 0 Å². The number of nitrogens with zero attached hydrogens (tertiary/aromatic N) is 1. The summed E-state index contributed by atoms with van der Waals surface area (Å²) < 4.78 is 27.0. The maximum atomic E-state index is 11.9. The number of piperidine rings is 1. The van der Waals surface area contributed by atoms with E-state index in [-0.39, 0.29) is 13.2 Å². The zero-order valence-corrected chi connectivity index (χ0v) is 10.5. The second-order valence-corrected chi connectivity index (χ2v) is 5.82. The minimum absolute atomic E-state index is 0.199. The highest BCUT2D eigenvalue weighted by Crippen LogP contribution is 2.20.